The van der Waals surface area contributed by atoms with Crippen molar-refractivity contribution in [3.63, 3.8) is 0 Å². The maximum atomic E-state index is 4.04. The highest BCUT2D eigenvalue weighted by molar-refractivity contribution is 6.09. The van der Waals surface area contributed by atoms with E-state index in [4.69, 9.17) is 0 Å². The van der Waals surface area contributed by atoms with Crippen LogP contribution in [-0.2, 0) is 0 Å². The largest absolute Gasteiger partial charge is 0.316 e. The second kappa shape index (κ2) is 5.84. The van der Waals surface area contributed by atoms with Gasteiger partial charge in [-0.25, -0.2) is 0 Å². The maximum absolute atomic E-state index is 4.04. The van der Waals surface area contributed by atoms with Crippen molar-refractivity contribution in [3.8, 4) is 0 Å². The highest BCUT2D eigenvalue weighted by Crippen LogP contribution is 2.28. The Morgan fingerprint density at radius 1 is 1.00 bits per heavy atom. The van der Waals surface area contributed by atoms with Gasteiger partial charge in [-0.15, -0.1) is 0 Å². The van der Waals surface area contributed by atoms with Crippen LogP contribution in [0.5, 0.6) is 0 Å². The Labute approximate surface area is 125 Å². The Morgan fingerprint density at radius 3 is 2.14 bits per heavy atom. The van der Waals surface area contributed by atoms with Crippen molar-refractivity contribution in [3.05, 3.63) is 78.9 Å². The summed E-state index contributed by atoms with van der Waals surface area (Å²) < 4.78 is 2.26. The van der Waals surface area contributed by atoms with Crippen LogP contribution >= 0.6 is 0 Å². The van der Waals surface area contributed by atoms with Crippen molar-refractivity contribution < 1.29 is 0 Å². The summed E-state index contributed by atoms with van der Waals surface area (Å²) in [6.07, 6.45) is 9.26. The van der Waals surface area contributed by atoms with Crippen LogP contribution in [0.25, 0.3) is 28.0 Å². The van der Waals surface area contributed by atoms with Crippen LogP contribution in [0.2, 0.25) is 0 Å². The lowest BCUT2D eigenvalue weighted by atomic mass is 10.2. The van der Waals surface area contributed by atoms with Gasteiger partial charge in [0, 0.05) is 17.0 Å². The third kappa shape index (κ3) is 2.55. The lowest BCUT2D eigenvalue weighted by Gasteiger charge is -2.00. The van der Waals surface area contributed by atoms with E-state index >= 15 is 0 Å². The number of benzene rings is 2. The molecule has 0 aliphatic carbocycles. The third-order valence-electron chi connectivity index (χ3n) is 3.65. The fourth-order valence-electron chi connectivity index (χ4n) is 2.73. The molecule has 0 N–H and O–H groups in total. The van der Waals surface area contributed by atoms with E-state index in [1.165, 1.54) is 21.8 Å². The first-order chi connectivity index (χ1) is 10.3. The van der Waals surface area contributed by atoms with Gasteiger partial charge < -0.3 is 4.57 Å². The minimum Gasteiger partial charge on any atom is -0.316 e. The highest BCUT2D eigenvalue weighted by atomic mass is 14.9. The Kier molecular flexibility index (Phi) is 3.74. The summed E-state index contributed by atoms with van der Waals surface area (Å²) >= 11 is 0. The molecular formula is C20H19N. The normalized spacial score (nSPS) is 12.0. The molecule has 104 valence electrons. The van der Waals surface area contributed by atoms with Crippen molar-refractivity contribution in [2.75, 3.05) is 0 Å². The van der Waals surface area contributed by atoms with Crippen LogP contribution in [0.15, 0.2) is 78.9 Å². The average Bonchev–Trinajstić information content (AvgIpc) is 2.83. The van der Waals surface area contributed by atoms with Crippen molar-refractivity contribution >= 4 is 28.0 Å². The Bertz CT molecular complexity index is 793. The van der Waals surface area contributed by atoms with Gasteiger partial charge in [-0.2, -0.15) is 0 Å². The van der Waals surface area contributed by atoms with Crippen LogP contribution < -0.4 is 0 Å². The lowest BCUT2D eigenvalue weighted by molar-refractivity contribution is 1.24. The predicted octanol–water partition coefficient (Wildman–Crippen LogP) is 5.79. The summed E-state index contributed by atoms with van der Waals surface area (Å²) in [4.78, 5) is 0. The Hall–Kier alpha value is -2.54. The molecule has 1 nitrogen and oxygen atoms in total. The quantitative estimate of drug-likeness (QED) is 0.530. The highest BCUT2D eigenvalue weighted by Gasteiger charge is 2.06. The topological polar surface area (TPSA) is 4.93 Å². The van der Waals surface area contributed by atoms with Crippen LogP contribution in [-0.4, -0.2) is 4.57 Å². The smallest absolute Gasteiger partial charge is 0.0534 e. The van der Waals surface area contributed by atoms with Crippen molar-refractivity contribution in [1.82, 2.24) is 4.57 Å². The van der Waals surface area contributed by atoms with E-state index < -0.39 is 0 Å². The molecule has 1 heterocycles. The van der Waals surface area contributed by atoms with Crippen LogP contribution in [0.4, 0.5) is 0 Å². The maximum Gasteiger partial charge on any atom is 0.0534 e. The standard InChI is InChI=1S/C20H19N/c1-3-9-16(2)10-8-15-21-19-13-6-4-11-17(19)18-12-5-7-14-20(18)21/h3-9,11-15H,2,10H2,1H3/b9-3-,15-8+. The van der Waals surface area contributed by atoms with Crippen LogP contribution in [0.3, 0.4) is 0 Å². The monoisotopic (exact) mass is 273 g/mol. The summed E-state index contributed by atoms with van der Waals surface area (Å²) in [6, 6.07) is 17.1. The number of hydrogen-bond acceptors (Lipinski definition) is 0. The molecule has 3 aromatic rings. The lowest BCUT2D eigenvalue weighted by Crippen LogP contribution is -1.85. The molecule has 0 spiro atoms. The van der Waals surface area contributed by atoms with E-state index in [2.05, 4.69) is 78.0 Å². The number of aromatic nitrogens is 1. The number of hydrogen-bond donors (Lipinski definition) is 0. The zero-order valence-electron chi connectivity index (χ0n) is 12.3. The first-order valence-corrected chi connectivity index (χ1v) is 7.26. The summed E-state index contributed by atoms with van der Waals surface area (Å²) in [7, 11) is 0. The van der Waals surface area contributed by atoms with E-state index in [9.17, 15) is 0 Å². The molecule has 3 rings (SSSR count). The van der Waals surface area contributed by atoms with Crippen LogP contribution in [0, 0.1) is 0 Å². The fourth-order valence-corrected chi connectivity index (χ4v) is 2.73. The van der Waals surface area contributed by atoms with Crippen molar-refractivity contribution in [2.24, 2.45) is 0 Å². The number of allylic oxidation sites excluding steroid dienone is 4. The van der Waals surface area contributed by atoms with Gasteiger partial charge in [0.05, 0.1) is 11.0 Å². The second-order valence-corrected chi connectivity index (χ2v) is 5.15. The first-order valence-electron chi connectivity index (χ1n) is 7.26. The Balaban J connectivity index is 2.07. The van der Waals surface area contributed by atoms with E-state index in [1.807, 2.05) is 13.0 Å². The van der Waals surface area contributed by atoms with Gasteiger partial charge in [0.15, 0.2) is 0 Å². The SMILES string of the molecule is C=C(/C=C\C)C/C=C/n1c2ccccc2c2ccccc21. The molecule has 0 aliphatic heterocycles. The zero-order valence-corrected chi connectivity index (χ0v) is 12.3. The van der Waals surface area contributed by atoms with Crippen molar-refractivity contribution in [2.45, 2.75) is 13.3 Å². The zero-order chi connectivity index (χ0) is 14.7. The molecule has 21 heavy (non-hydrogen) atoms. The number of para-hydroxylation sites is 2. The second-order valence-electron chi connectivity index (χ2n) is 5.15. The van der Waals surface area contributed by atoms with Gasteiger partial charge in [0.1, 0.15) is 0 Å². The molecule has 0 aliphatic rings. The number of fused-ring (bicyclic) bond motifs is 3. The third-order valence-corrected chi connectivity index (χ3v) is 3.65. The predicted molar refractivity (Wildman–Crippen MR) is 93.3 cm³/mol. The molecule has 2 aromatic carbocycles. The molecule has 1 aromatic heterocycles. The summed E-state index contributed by atoms with van der Waals surface area (Å²) in [5, 5.41) is 2.59. The van der Waals surface area contributed by atoms with Crippen molar-refractivity contribution in [1.29, 1.82) is 0 Å². The molecule has 1 heteroatoms. The number of rotatable bonds is 4. The molecule has 0 fully saturated rings. The minimum absolute atomic E-state index is 0.866. The van der Waals surface area contributed by atoms with Gasteiger partial charge in [-0.05, 0) is 25.5 Å². The Morgan fingerprint density at radius 2 is 1.57 bits per heavy atom. The van der Waals surface area contributed by atoms with E-state index in [0.717, 1.165) is 12.0 Å². The summed E-state index contributed by atoms with van der Waals surface area (Å²) in [5.41, 5.74) is 3.60. The molecule has 0 unspecified atom stereocenters. The molecule has 0 radical (unpaired) electrons. The van der Waals surface area contributed by atoms with E-state index in [0.29, 0.717) is 0 Å². The molecule has 0 saturated carbocycles. The molecule has 0 bridgehead atoms. The van der Waals surface area contributed by atoms with Gasteiger partial charge in [-0.3, -0.25) is 0 Å². The van der Waals surface area contributed by atoms with Gasteiger partial charge >= 0.3 is 0 Å². The van der Waals surface area contributed by atoms with Gasteiger partial charge in [-0.1, -0.05) is 66.8 Å². The summed E-state index contributed by atoms with van der Waals surface area (Å²) in [5.74, 6) is 0. The molecule has 0 atom stereocenters. The first kappa shape index (κ1) is 13.4. The molecule has 0 amide bonds. The van der Waals surface area contributed by atoms with Crippen LogP contribution in [0.1, 0.15) is 13.3 Å². The molecular weight excluding hydrogens is 254 g/mol. The molecule has 0 saturated heterocycles. The number of nitrogens with zero attached hydrogens (tertiary/aromatic N) is 1. The van der Waals surface area contributed by atoms with E-state index in [-0.39, 0.29) is 0 Å². The fraction of sp³-hybridized carbons (Fsp3) is 0.100. The van der Waals surface area contributed by atoms with Gasteiger partial charge in [0.25, 0.3) is 0 Å². The van der Waals surface area contributed by atoms with Gasteiger partial charge in [0.2, 0.25) is 0 Å². The average molecular weight is 273 g/mol. The minimum atomic E-state index is 0.866. The summed E-state index contributed by atoms with van der Waals surface area (Å²) in [6.45, 7) is 6.06. The van der Waals surface area contributed by atoms with E-state index in [1.54, 1.807) is 0 Å².